The fraction of sp³-hybridized carbons (Fsp3) is 0.632. The van der Waals surface area contributed by atoms with E-state index < -0.39 is 198 Å². The standard InChI is InChI=1S/C76H109F5N12O14/c1-16-25-56-66(97)83-64(46(6)19-4)72(103)87(11)45-62(96)88(12)47(7)68(99)92(36-17-2)59(40-48-28-31-51(32-29-48)107-37-18-3)71(102)86(10)44-60(94)82-55(33-30-49-38-53(77)63(54(78)39-49)76(79,80)81)69(100)93-43-52(106-20-5)41-57(93)67(98)84-75(34-23-24-35-75)74(105)91(15)65(50-26-21-22-27-50)73(104)90(14)58(70(101)85(8)9)42-61(95)89(56)13/h16,18,28-29,31-32,38-39,46-47,50,52,55-59,64-65H,1,3,17,19-27,30,33-37,40-45H2,2,4-15H3,(H,82,94)(H,83,97)(H,84,98)/t46-,47-,52+,55-,56-,57-,58-,59-,64-,65-/m0/s1. The van der Waals surface area contributed by atoms with Gasteiger partial charge in [0, 0.05) is 88.9 Å². The van der Waals surface area contributed by atoms with Crippen LogP contribution in [-0.4, -0.2) is 271 Å². The van der Waals surface area contributed by atoms with Gasteiger partial charge in [0.1, 0.15) is 83.4 Å². The Hall–Kier alpha value is -9.03. The number of hydrogen-bond acceptors (Lipinski definition) is 14. The summed E-state index contributed by atoms with van der Waals surface area (Å²) in [6.07, 6.45) is -1.74. The SMILES string of the molecule is C=CCOc1ccc(C[C@H]2C(=O)N(C)CC(=O)N[C@@H](CCc3cc(F)c(C(F)(F)F)c(F)c3)C(=O)N3C[C@H](OCC)C[C@H]3C(=O)NC3(CCCC3)C(=O)N(C)[C@@H](C3CCCC3)C(=O)N(C)[C@H](C(=O)N(C)C)CC(=O)N(C)[C@@H](CC=C)C(=O)N[C@@H]([C@@H](C)CC)C(=O)N(C)CC(=O)N(C)[C@@H](C)C(=O)N2CCC)cc1. The number of halogens is 5. The molecule has 0 radical (unpaired) electrons. The van der Waals surface area contributed by atoms with Crippen LogP contribution in [0.1, 0.15) is 141 Å². The van der Waals surface area contributed by atoms with Crippen LogP contribution < -0.4 is 20.7 Å². The molecular formula is C76H109F5N12O14. The predicted octanol–water partition coefficient (Wildman–Crippen LogP) is 5.28. The van der Waals surface area contributed by atoms with E-state index in [1.54, 1.807) is 58.0 Å². The number of nitrogens with one attached hydrogen (secondary N) is 3. The minimum absolute atomic E-state index is 0.0629. The van der Waals surface area contributed by atoms with E-state index in [0.717, 1.165) is 29.4 Å². The van der Waals surface area contributed by atoms with Crippen LogP contribution in [0.4, 0.5) is 22.0 Å². The zero-order valence-electron chi connectivity index (χ0n) is 64.1. The smallest absolute Gasteiger partial charge is 0.422 e. The molecule has 2 aromatic rings. The molecule has 0 aromatic heterocycles. The number of aryl methyl sites for hydroxylation is 1. The normalized spacial score (nSPS) is 25.1. The van der Waals surface area contributed by atoms with Crippen LogP contribution in [0.25, 0.3) is 0 Å². The lowest BCUT2D eigenvalue weighted by atomic mass is 9.90. The number of likely N-dealkylation sites (N-methyl/N-ethyl adjacent to an activating group) is 7. The average molecular weight is 1510 g/mol. The molecule has 2 saturated carbocycles. The van der Waals surface area contributed by atoms with Gasteiger partial charge in [-0.1, -0.05) is 83.7 Å². The van der Waals surface area contributed by atoms with Gasteiger partial charge in [-0.25, -0.2) is 8.78 Å². The van der Waals surface area contributed by atoms with E-state index in [4.69, 9.17) is 9.47 Å². The van der Waals surface area contributed by atoms with Crippen molar-refractivity contribution in [1.82, 2.24) is 60.0 Å². The Balaban J connectivity index is 1.51. The Morgan fingerprint density at radius 3 is 1.91 bits per heavy atom. The fourth-order valence-electron chi connectivity index (χ4n) is 14.8. The molecule has 2 saturated heterocycles. The van der Waals surface area contributed by atoms with Gasteiger partial charge < -0.3 is 69.5 Å². The first-order valence-corrected chi connectivity index (χ1v) is 36.8. The Morgan fingerprint density at radius 1 is 0.729 bits per heavy atom. The summed E-state index contributed by atoms with van der Waals surface area (Å²) in [5, 5.41) is 8.41. The lowest BCUT2D eigenvalue weighted by Gasteiger charge is -2.42. The van der Waals surface area contributed by atoms with Crippen molar-refractivity contribution in [2.45, 2.75) is 204 Å². The van der Waals surface area contributed by atoms with Gasteiger partial charge in [-0.2, -0.15) is 13.2 Å². The van der Waals surface area contributed by atoms with Crippen LogP contribution in [0.5, 0.6) is 5.75 Å². The number of ether oxygens (including phenoxy) is 2. The number of nitrogens with zero attached hydrogens (tertiary/aromatic N) is 9. The summed E-state index contributed by atoms with van der Waals surface area (Å²) < 4.78 is 83.8. The molecule has 31 heteroatoms. The summed E-state index contributed by atoms with van der Waals surface area (Å²) >= 11 is 0. The van der Waals surface area contributed by atoms with Gasteiger partial charge in [-0.05, 0) is 112 Å². The topological polar surface area (TPSA) is 289 Å². The molecule has 4 aliphatic rings. The number of amides is 12. The largest absolute Gasteiger partial charge is 0.490 e. The number of alkyl halides is 3. The van der Waals surface area contributed by atoms with Crippen LogP contribution in [0.2, 0.25) is 0 Å². The summed E-state index contributed by atoms with van der Waals surface area (Å²) in [7, 11) is 10.9. The van der Waals surface area contributed by atoms with E-state index in [1.807, 2.05) is 0 Å². The molecule has 2 aromatic carbocycles. The maximum Gasteiger partial charge on any atom is 0.422 e. The molecule has 107 heavy (non-hydrogen) atoms. The minimum atomic E-state index is -5.43. The van der Waals surface area contributed by atoms with Crippen molar-refractivity contribution in [2.24, 2.45) is 11.8 Å². The van der Waals surface area contributed by atoms with Gasteiger partial charge in [-0.3, -0.25) is 57.5 Å². The number of hydrogen-bond donors (Lipinski definition) is 3. The third-order valence-electron chi connectivity index (χ3n) is 21.3. The molecule has 12 amide bonds. The molecule has 2 heterocycles. The second-order valence-corrected chi connectivity index (χ2v) is 29.0. The quantitative estimate of drug-likeness (QED) is 0.126. The highest BCUT2D eigenvalue weighted by atomic mass is 19.4. The Morgan fingerprint density at radius 2 is 1.35 bits per heavy atom. The van der Waals surface area contributed by atoms with Crippen LogP contribution in [0.3, 0.4) is 0 Å². The predicted molar refractivity (Wildman–Crippen MR) is 387 cm³/mol. The van der Waals surface area contributed by atoms with E-state index in [0.29, 0.717) is 68.4 Å². The van der Waals surface area contributed by atoms with Crippen LogP contribution >= 0.6 is 0 Å². The first kappa shape index (κ1) is 86.9. The number of benzene rings is 2. The Bertz CT molecular complexity index is 3530. The summed E-state index contributed by atoms with van der Waals surface area (Å²) in [4.78, 5) is 191. The number of carbonyl (C=O) groups excluding carboxylic acids is 12. The molecule has 0 unspecified atom stereocenters. The maximum absolute atomic E-state index is 15.7. The maximum atomic E-state index is 15.7. The van der Waals surface area contributed by atoms with Crippen molar-refractivity contribution < 1.29 is 89.0 Å². The third-order valence-corrected chi connectivity index (χ3v) is 21.3. The molecule has 4 fully saturated rings. The van der Waals surface area contributed by atoms with Crippen molar-refractivity contribution in [3.8, 4) is 5.75 Å². The molecular weight excluding hydrogens is 1400 g/mol. The average Bonchev–Trinajstić information content (AvgIpc) is 1.70. The van der Waals surface area contributed by atoms with Crippen molar-refractivity contribution >= 4 is 70.9 Å². The molecule has 6 rings (SSSR count). The highest BCUT2D eigenvalue weighted by Gasteiger charge is 2.52. The Labute approximate surface area is 624 Å². The van der Waals surface area contributed by atoms with Gasteiger partial charge in [0.15, 0.2) is 0 Å². The first-order valence-electron chi connectivity index (χ1n) is 36.8. The van der Waals surface area contributed by atoms with Gasteiger partial charge >= 0.3 is 6.18 Å². The molecule has 2 aliphatic heterocycles. The Kier molecular flexibility index (Phi) is 31.4. The highest BCUT2D eigenvalue weighted by Crippen LogP contribution is 2.38. The zero-order chi connectivity index (χ0) is 79.7. The number of carbonyl (C=O) groups is 12. The van der Waals surface area contributed by atoms with Crippen molar-refractivity contribution in [3.63, 3.8) is 0 Å². The minimum Gasteiger partial charge on any atom is -0.490 e. The summed E-state index contributed by atoms with van der Waals surface area (Å²) in [5.74, 6) is -14.0. The summed E-state index contributed by atoms with van der Waals surface area (Å²) in [6, 6.07) is -3.92. The summed E-state index contributed by atoms with van der Waals surface area (Å²) in [6.45, 7) is 14.2. The zero-order valence-corrected chi connectivity index (χ0v) is 64.1. The van der Waals surface area contributed by atoms with Crippen LogP contribution in [-0.2, 0) is 81.3 Å². The molecule has 0 bridgehead atoms. The van der Waals surface area contributed by atoms with Crippen molar-refractivity contribution in [2.75, 3.05) is 95.8 Å². The molecule has 2 aliphatic carbocycles. The van der Waals surface area contributed by atoms with Gasteiger partial charge in [0.05, 0.1) is 25.6 Å². The fourth-order valence-corrected chi connectivity index (χ4v) is 14.8. The lowest BCUT2D eigenvalue weighted by molar-refractivity contribution is -0.156. The molecule has 592 valence electrons. The summed E-state index contributed by atoms with van der Waals surface area (Å²) in [5.41, 5.74) is -3.71. The van der Waals surface area contributed by atoms with E-state index >= 15 is 37.5 Å². The third kappa shape index (κ3) is 21.4. The van der Waals surface area contributed by atoms with E-state index in [9.17, 15) is 41.9 Å². The van der Waals surface area contributed by atoms with Crippen molar-refractivity contribution in [1.29, 1.82) is 0 Å². The van der Waals surface area contributed by atoms with Gasteiger partial charge in [-0.15, -0.1) is 6.58 Å². The lowest BCUT2D eigenvalue weighted by Crippen LogP contribution is -2.65. The molecule has 1 spiro atoms. The van der Waals surface area contributed by atoms with Crippen LogP contribution in [0, 0.1) is 23.5 Å². The van der Waals surface area contributed by atoms with Gasteiger partial charge in [0.2, 0.25) is 70.9 Å². The van der Waals surface area contributed by atoms with Crippen LogP contribution in [0.15, 0.2) is 61.7 Å². The van der Waals surface area contributed by atoms with E-state index in [-0.39, 0.29) is 70.4 Å². The molecule has 26 nitrogen and oxygen atoms in total. The molecule has 10 atom stereocenters. The second-order valence-electron chi connectivity index (χ2n) is 29.0. The van der Waals surface area contributed by atoms with Gasteiger partial charge in [0.25, 0.3) is 0 Å². The monoisotopic (exact) mass is 1510 g/mol. The number of rotatable bonds is 18. The van der Waals surface area contributed by atoms with E-state index in [2.05, 4.69) is 29.1 Å². The molecule has 3 N–H and O–H groups in total. The number of fused-ring (bicyclic) bond motifs is 1. The first-order chi connectivity index (χ1) is 50.4. The van der Waals surface area contributed by atoms with E-state index in [1.165, 1.54) is 84.1 Å². The second kappa shape index (κ2) is 38.7. The highest BCUT2D eigenvalue weighted by molar-refractivity contribution is 6.01. The van der Waals surface area contributed by atoms with Crippen molar-refractivity contribution in [3.05, 3.63) is 90.0 Å².